The summed E-state index contributed by atoms with van der Waals surface area (Å²) in [7, 11) is 0. The van der Waals surface area contributed by atoms with Gasteiger partial charge < -0.3 is 5.73 Å². The van der Waals surface area contributed by atoms with Gasteiger partial charge in [0.1, 0.15) is 5.82 Å². The van der Waals surface area contributed by atoms with Crippen LogP contribution in [0.2, 0.25) is 0 Å². The third kappa shape index (κ3) is 3.09. The van der Waals surface area contributed by atoms with Crippen molar-refractivity contribution in [3.63, 3.8) is 0 Å². The van der Waals surface area contributed by atoms with E-state index in [0.717, 1.165) is 5.56 Å². The lowest BCUT2D eigenvalue weighted by molar-refractivity contribution is -0.117. The van der Waals surface area contributed by atoms with E-state index in [1.54, 1.807) is 12.3 Å². The van der Waals surface area contributed by atoms with Crippen molar-refractivity contribution in [2.24, 2.45) is 5.73 Å². The highest BCUT2D eigenvalue weighted by atomic mass is 35.5. The normalized spacial score (nSPS) is 10.1. The average Bonchev–Trinajstić information content (AvgIpc) is 2.29. The molecule has 0 radical (unpaired) electrons. The quantitative estimate of drug-likeness (QED) is 0.883. The molecular formula is C12H11Cl2FN2O. The van der Waals surface area contributed by atoms with Crippen molar-refractivity contribution >= 4 is 40.8 Å². The van der Waals surface area contributed by atoms with Crippen LogP contribution in [-0.2, 0) is 17.1 Å². The molecule has 0 aliphatic heterocycles. The first-order valence-corrected chi connectivity index (χ1v) is 5.55. The van der Waals surface area contributed by atoms with Crippen LogP contribution in [0.3, 0.4) is 0 Å². The van der Waals surface area contributed by atoms with Crippen molar-refractivity contribution in [3.05, 3.63) is 41.3 Å². The van der Waals surface area contributed by atoms with E-state index in [1.807, 2.05) is 0 Å². The van der Waals surface area contributed by atoms with Gasteiger partial charge in [0, 0.05) is 17.5 Å². The minimum Gasteiger partial charge on any atom is -0.369 e. The summed E-state index contributed by atoms with van der Waals surface area (Å²) in [6.07, 6.45) is 1.50. The fourth-order valence-electron chi connectivity index (χ4n) is 1.63. The highest BCUT2D eigenvalue weighted by molar-refractivity contribution is 6.17. The number of hydrogen-bond acceptors (Lipinski definition) is 2. The van der Waals surface area contributed by atoms with Gasteiger partial charge in [-0.05, 0) is 29.3 Å². The van der Waals surface area contributed by atoms with Crippen molar-refractivity contribution in [2.45, 2.75) is 12.3 Å². The molecule has 0 unspecified atom stereocenters. The number of alkyl halides is 1. The lowest BCUT2D eigenvalue weighted by Crippen LogP contribution is -2.14. The van der Waals surface area contributed by atoms with Gasteiger partial charge in [0.15, 0.2) is 0 Å². The molecule has 2 rings (SSSR count). The van der Waals surface area contributed by atoms with E-state index in [-0.39, 0.29) is 24.4 Å². The van der Waals surface area contributed by atoms with Crippen LogP contribution >= 0.6 is 24.0 Å². The van der Waals surface area contributed by atoms with Crippen LogP contribution in [0.4, 0.5) is 4.39 Å². The Bertz CT molecular complexity index is 590. The van der Waals surface area contributed by atoms with Crippen LogP contribution in [-0.4, -0.2) is 10.9 Å². The number of benzene rings is 1. The predicted octanol–water partition coefficient (Wildman–Crippen LogP) is 2.56. The standard InChI is InChI=1S/C12H10ClFN2O.ClH/c13-5-7-1-9-2-10(14)8(4-12(15)17)3-11(9)16-6-7;/h1-3,6H,4-5H2,(H2,15,17);1H. The summed E-state index contributed by atoms with van der Waals surface area (Å²) >= 11 is 5.67. The second-order valence-corrected chi connectivity index (χ2v) is 4.02. The molecule has 18 heavy (non-hydrogen) atoms. The number of carbonyl (C=O) groups excluding carboxylic acids is 1. The van der Waals surface area contributed by atoms with Gasteiger partial charge in [0.2, 0.25) is 5.91 Å². The SMILES string of the molecule is Cl.NC(=O)Cc1cc2ncc(CCl)cc2cc1F. The molecule has 0 fully saturated rings. The van der Waals surface area contributed by atoms with E-state index in [9.17, 15) is 9.18 Å². The van der Waals surface area contributed by atoms with E-state index in [1.165, 1.54) is 12.1 Å². The Kier molecular flexibility index (Phi) is 4.87. The minimum atomic E-state index is -0.569. The molecule has 6 heteroatoms. The monoisotopic (exact) mass is 288 g/mol. The van der Waals surface area contributed by atoms with Crippen LogP contribution in [0.25, 0.3) is 10.9 Å². The van der Waals surface area contributed by atoms with Crippen molar-refractivity contribution in [2.75, 3.05) is 0 Å². The highest BCUT2D eigenvalue weighted by Crippen LogP contribution is 2.19. The molecule has 1 aromatic carbocycles. The van der Waals surface area contributed by atoms with E-state index in [2.05, 4.69) is 4.98 Å². The van der Waals surface area contributed by atoms with Gasteiger partial charge in [0.25, 0.3) is 0 Å². The Morgan fingerprint density at radius 1 is 1.39 bits per heavy atom. The molecule has 3 nitrogen and oxygen atoms in total. The van der Waals surface area contributed by atoms with Gasteiger partial charge in [-0.3, -0.25) is 9.78 Å². The molecule has 1 amide bonds. The molecule has 0 saturated carbocycles. The van der Waals surface area contributed by atoms with Gasteiger partial charge in [0.05, 0.1) is 11.9 Å². The molecule has 96 valence electrons. The zero-order chi connectivity index (χ0) is 12.4. The Balaban J connectivity index is 0.00000162. The first kappa shape index (κ1) is 14.7. The number of carbonyl (C=O) groups is 1. The number of primary amides is 1. The lowest BCUT2D eigenvalue weighted by atomic mass is 10.1. The summed E-state index contributed by atoms with van der Waals surface area (Å²) in [6, 6.07) is 4.65. The number of hydrogen-bond donors (Lipinski definition) is 1. The number of fused-ring (bicyclic) bond motifs is 1. The fraction of sp³-hybridized carbons (Fsp3) is 0.167. The lowest BCUT2D eigenvalue weighted by Gasteiger charge is -2.04. The van der Waals surface area contributed by atoms with E-state index >= 15 is 0 Å². The second kappa shape index (κ2) is 5.98. The van der Waals surface area contributed by atoms with Gasteiger partial charge in [-0.25, -0.2) is 4.39 Å². The highest BCUT2D eigenvalue weighted by Gasteiger charge is 2.08. The zero-order valence-corrected chi connectivity index (χ0v) is 10.9. The Morgan fingerprint density at radius 3 is 2.72 bits per heavy atom. The molecule has 2 aromatic rings. The summed E-state index contributed by atoms with van der Waals surface area (Å²) in [5.74, 6) is -0.696. The molecular weight excluding hydrogens is 278 g/mol. The summed E-state index contributed by atoms with van der Waals surface area (Å²) < 4.78 is 13.6. The number of halogens is 3. The first-order valence-electron chi connectivity index (χ1n) is 5.01. The zero-order valence-electron chi connectivity index (χ0n) is 9.32. The number of aromatic nitrogens is 1. The number of nitrogens with zero attached hydrogens (tertiary/aromatic N) is 1. The van der Waals surface area contributed by atoms with E-state index < -0.39 is 11.7 Å². The smallest absolute Gasteiger partial charge is 0.221 e. The summed E-state index contributed by atoms with van der Waals surface area (Å²) in [5.41, 5.74) is 6.74. The largest absolute Gasteiger partial charge is 0.369 e. The maximum atomic E-state index is 13.6. The topological polar surface area (TPSA) is 56.0 Å². The summed E-state index contributed by atoms with van der Waals surface area (Å²) in [6.45, 7) is 0. The molecule has 0 saturated heterocycles. The Morgan fingerprint density at radius 2 is 2.11 bits per heavy atom. The minimum absolute atomic E-state index is 0. The summed E-state index contributed by atoms with van der Waals surface area (Å²) in [5, 5.41) is 0.661. The van der Waals surface area contributed by atoms with Crippen LogP contribution < -0.4 is 5.73 Å². The maximum absolute atomic E-state index is 13.6. The molecule has 1 aromatic heterocycles. The number of rotatable bonds is 3. The van der Waals surface area contributed by atoms with Gasteiger partial charge in [-0.15, -0.1) is 24.0 Å². The van der Waals surface area contributed by atoms with Crippen molar-refractivity contribution in [1.82, 2.24) is 4.98 Å². The molecule has 0 aliphatic carbocycles. The Hall–Kier alpha value is -1.39. The first-order chi connectivity index (χ1) is 8.10. The fourth-order valence-corrected chi connectivity index (χ4v) is 1.78. The maximum Gasteiger partial charge on any atom is 0.221 e. The van der Waals surface area contributed by atoms with E-state index in [0.29, 0.717) is 16.8 Å². The van der Waals surface area contributed by atoms with Crippen molar-refractivity contribution in [1.29, 1.82) is 0 Å². The Labute approximate surface area is 115 Å². The van der Waals surface area contributed by atoms with Gasteiger partial charge >= 0.3 is 0 Å². The second-order valence-electron chi connectivity index (χ2n) is 3.76. The number of nitrogens with two attached hydrogens (primary N) is 1. The molecule has 0 bridgehead atoms. The summed E-state index contributed by atoms with van der Waals surface area (Å²) in [4.78, 5) is 14.9. The molecule has 0 spiro atoms. The number of pyridine rings is 1. The third-order valence-corrected chi connectivity index (χ3v) is 2.73. The van der Waals surface area contributed by atoms with Crippen LogP contribution in [0.1, 0.15) is 11.1 Å². The van der Waals surface area contributed by atoms with Crippen LogP contribution in [0.15, 0.2) is 24.4 Å². The molecule has 0 aliphatic rings. The predicted molar refractivity (Wildman–Crippen MR) is 71.4 cm³/mol. The third-order valence-electron chi connectivity index (χ3n) is 2.43. The van der Waals surface area contributed by atoms with Crippen molar-refractivity contribution in [3.8, 4) is 0 Å². The molecule has 2 N–H and O–H groups in total. The van der Waals surface area contributed by atoms with E-state index in [4.69, 9.17) is 17.3 Å². The average molecular weight is 289 g/mol. The number of amides is 1. The molecule has 1 heterocycles. The van der Waals surface area contributed by atoms with Crippen molar-refractivity contribution < 1.29 is 9.18 Å². The molecule has 0 atom stereocenters. The van der Waals surface area contributed by atoms with Crippen LogP contribution in [0.5, 0.6) is 0 Å². The van der Waals surface area contributed by atoms with Crippen LogP contribution in [0, 0.1) is 5.82 Å². The van der Waals surface area contributed by atoms with Gasteiger partial charge in [-0.1, -0.05) is 0 Å². The van der Waals surface area contributed by atoms with Gasteiger partial charge in [-0.2, -0.15) is 0 Å².